The maximum atomic E-state index is 12.3. The number of nitrogen functional groups attached to an aromatic ring is 1. The van der Waals surface area contributed by atoms with E-state index in [9.17, 15) is 8.42 Å². The van der Waals surface area contributed by atoms with Crippen molar-refractivity contribution in [1.82, 2.24) is 0 Å². The van der Waals surface area contributed by atoms with E-state index in [1.807, 2.05) is 0 Å². The van der Waals surface area contributed by atoms with Crippen molar-refractivity contribution < 1.29 is 17.9 Å². The van der Waals surface area contributed by atoms with E-state index in [0.717, 1.165) is 12.8 Å². The van der Waals surface area contributed by atoms with Crippen molar-refractivity contribution in [2.24, 2.45) is 0 Å². The lowest BCUT2D eigenvalue weighted by Crippen LogP contribution is -2.20. The molecule has 2 N–H and O–H groups in total. The van der Waals surface area contributed by atoms with Gasteiger partial charge in [0.2, 0.25) is 0 Å². The third kappa shape index (κ3) is 2.76. The van der Waals surface area contributed by atoms with E-state index in [4.69, 9.17) is 15.2 Å². The number of benzene rings is 1. The Morgan fingerprint density at radius 2 is 2.28 bits per heavy atom. The van der Waals surface area contributed by atoms with Gasteiger partial charge in [-0.05, 0) is 25.0 Å². The Kier molecular flexibility index (Phi) is 3.77. The summed E-state index contributed by atoms with van der Waals surface area (Å²) in [5.74, 6) is 0.279. The van der Waals surface area contributed by atoms with E-state index >= 15 is 0 Å². The van der Waals surface area contributed by atoms with Crippen LogP contribution in [0.25, 0.3) is 0 Å². The molecule has 0 bridgehead atoms. The molecule has 100 valence electrons. The molecule has 6 heteroatoms. The fraction of sp³-hybridized carbons (Fsp3) is 0.500. The summed E-state index contributed by atoms with van der Waals surface area (Å²) in [5, 5.41) is 0. The predicted octanol–water partition coefficient (Wildman–Crippen LogP) is 1.23. The Hall–Kier alpha value is -1.27. The largest absolute Gasteiger partial charge is 0.495 e. The topological polar surface area (TPSA) is 78.6 Å². The predicted molar refractivity (Wildman–Crippen MR) is 68.4 cm³/mol. The van der Waals surface area contributed by atoms with Crippen LogP contribution in [0.15, 0.2) is 23.1 Å². The normalized spacial score (nSPS) is 19.9. The Labute approximate surface area is 107 Å². The first kappa shape index (κ1) is 13.2. The zero-order valence-corrected chi connectivity index (χ0v) is 11.1. The van der Waals surface area contributed by atoms with Crippen LogP contribution in [-0.4, -0.2) is 34.0 Å². The molecular formula is C12H17NO4S. The molecule has 1 aromatic carbocycles. The van der Waals surface area contributed by atoms with Crippen molar-refractivity contribution in [2.75, 3.05) is 25.2 Å². The van der Waals surface area contributed by atoms with Crippen LogP contribution in [0, 0.1) is 0 Å². The van der Waals surface area contributed by atoms with Gasteiger partial charge in [0.05, 0.1) is 19.0 Å². The van der Waals surface area contributed by atoms with Gasteiger partial charge in [0.1, 0.15) is 10.6 Å². The molecule has 0 amide bonds. The minimum absolute atomic E-state index is 0.00667. The highest BCUT2D eigenvalue weighted by atomic mass is 32.2. The summed E-state index contributed by atoms with van der Waals surface area (Å²) in [4.78, 5) is 0.176. The van der Waals surface area contributed by atoms with Crippen LogP contribution in [0.1, 0.15) is 12.8 Å². The molecule has 1 aliphatic heterocycles. The second-order valence-electron chi connectivity index (χ2n) is 4.33. The summed E-state index contributed by atoms with van der Waals surface area (Å²) >= 11 is 0. The molecule has 1 unspecified atom stereocenters. The summed E-state index contributed by atoms with van der Waals surface area (Å²) in [6, 6.07) is 4.56. The minimum Gasteiger partial charge on any atom is -0.495 e. The van der Waals surface area contributed by atoms with Crippen molar-refractivity contribution in [2.45, 2.75) is 23.8 Å². The average Bonchev–Trinajstić information content (AvgIpc) is 2.80. The van der Waals surface area contributed by atoms with Gasteiger partial charge in [-0.2, -0.15) is 0 Å². The lowest BCUT2D eigenvalue weighted by molar-refractivity contribution is 0.127. The first-order chi connectivity index (χ1) is 8.53. The van der Waals surface area contributed by atoms with Crippen molar-refractivity contribution in [3.05, 3.63) is 18.2 Å². The Morgan fingerprint density at radius 1 is 1.50 bits per heavy atom. The van der Waals surface area contributed by atoms with Crippen molar-refractivity contribution in [3.63, 3.8) is 0 Å². The Balaban J connectivity index is 2.28. The standard InChI is InChI=1S/C12H17NO4S/c1-16-11-7-9(13)4-5-12(11)18(14,15)8-10-3-2-6-17-10/h4-5,7,10H,2-3,6,8,13H2,1H3. The number of anilines is 1. The highest BCUT2D eigenvalue weighted by Gasteiger charge is 2.27. The number of nitrogens with two attached hydrogens (primary N) is 1. The third-order valence-electron chi connectivity index (χ3n) is 2.95. The van der Waals surface area contributed by atoms with Crippen molar-refractivity contribution >= 4 is 15.5 Å². The van der Waals surface area contributed by atoms with Gasteiger partial charge in [-0.25, -0.2) is 8.42 Å². The van der Waals surface area contributed by atoms with Gasteiger partial charge in [-0.1, -0.05) is 0 Å². The molecule has 0 saturated carbocycles. The summed E-state index contributed by atoms with van der Waals surface area (Å²) in [5.41, 5.74) is 6.09. The van der Waals surface area contributed by atoms with Gasteiger partial charge in [0.15, 0.2) is 9.84 Å². The summed E-state index contributed by atoms with van der Waals surface area (Å²) in [7, 11) is -1.98. The molecule has 1 aliphatic rings. The number of hydrogen-bond acceptors (Lipinski definition) is 5. The van der Waals surface area contributed by atoms with Crippen LogP contribution < -0.4 is 10.5 Å². The van der Waals surface area contributed by atoms with Gasteiger partial charge in [-0.3, -0.25) is 0 Å². The molecule has 18 heavy (non-hydrogen) atoms. The fourth-order valence-corrected chi connectivity index (χ4v) is 3.71. The van der Waals surface area contributed by atoms with Gasteiger partial charge in [-0.15, -0.1) is 0 Å². The number of hydrogen-bond donors (Lipinski definition) is 1. The maximum absolute atomic E-state index is 12.3. The molecule has 5 nitrogen and oxygen atoms in total. The molecule has 1 saturated heterocycles. The van der Waals surface area contributed by atoms with Gasteiger partial charge >= 0.3 is 0 Å². The second-order valence-corrected chi connectivity index (χ2v) is 6.33. The van der Waals surface area contributed by atoms with E-state index in [1.165, 1.54) is 19.2 Å². The lowest BCUT2D eigenvalue weighted by atomic mass is 10.3. The quantitative estimate of drug-likeness (QED) is 0.833. The molecule has 0 aromatic heterocycles. The van der Waals surface area contributed by atoms with Crippen LogP contribution in [0.2, 0.25) is 0 Å². The summed E-state index contributed by atoms with van der Waals surface area (Å²) < 4.78 is 35.0. The number of rotatable bonds is 4. The van der Waals surface area contributed by atoms with Crippen LogP contribution in [0.5, 0.6) is 5.75 Å². The van der Waals surface area contributed by atoms with Crippen LogP contribution in [-0.2, 0) is 14.6 Å². The molecule has 1 aromatic rings. The SMILES string of the molecule is COc1cc(N)ccc1S(=O)(=O)CC1CCCO1. The zero-order valence-electron chi connectivity index (χ0n) is 10.3. The fourth-order valence-electron chi connectivity index (χ4n) is 2.05. The highest BCUT2D eigenvalue weighted by molar-refractivity contribution is 7.91. The van der Waals surface area contributed by atoms with E-state index in [-0.39, 0.29) is 22.5 Å². The van der Waals surface area contributed by atoms with Crippen LogP contribution >= 0.6 is 0 Å². The maximum Gasteiger partial charge on any atom is 0.184 e. The number of sulfone groups is 1. The molecule has 0 aliphatic carbocycles. The molecule has 1 atom stereocenters. The average molecular weight is 271 g/mol. The van der Waals surface area contributed by atoms with Gasteiger partial charge in [0.25, 0.3) is 0 Å². The van der Waals surface area contributed by atoms with E-state index in [0.29, 0.717) is 12.3 Å². The first-order valence-corrected chi connectivity index (χ1v) is 7.46. The van der Waals surface area contributed by atoms with Crippen LogP contribution in [0.3, 0.4) is 0 Å². The minimum atomic E-state index is -3.41. The third-order valence-corrected chi connectivity index (χ3v) is 4.77. The van der Waals surface area contributed by atoms with E-state index in [1.54, 1.807) is 6.07 Å². The second kappa shape index (κ2) is 5.16. The van der Waals surface area contributed by atoms with Crippen molar-refractivity contribution in [1.29, 1.82) is 0 Å². The lowest BCUT2D eigenvalue weighted by Gasteiger charge is -2.13. The van der Waals surface area contributed by atoms with E-state index < -0.39 is 9.84 Å². The molecule has 0 spiro atoms. The molecular weight excluding hydrogens is 254 g/mol. The Morgan fingerprint density at radius 3 is 2.89 bits per heavy atom. The van der Waals surface area contributed by atoms with E-state index in [2.05, 4.69) is 0 Å². The summed E-state index contributed by atoms with van der Waals surface area (Å²) in [6.07, 6.45) is 1.49. The van der Waals surface area contributed by atoms with Gasteiger partial charge < -0.3 is 15.2 Å². The van der Waals surface area contributed by atoms with Crippen molar-refractivity contribution in [3.8, 4) is 5.75 Å². The smallest absolute Gasteiger partial charge is 0.184 e. The summed E-state index contributed by atoms with van der Waals surface area (Å²) in [6.45, 7) is 0.638. The molecule has 1 fully saturated rings. The first-order valence-electron chi connectivity index (χ1n) is 5.81. The monoisotopic (exact) mass is 271 g/mol. The number of ether oxygens (including phenoxy) is 2. The highest BCUT2D eigenvalue weighted by Crippen LogP contribution is 2.28. The van der Waals surface area contributed by atoms with Gasteiger partial charge in [0, 0.05) is 18.4 Å². The molecule has 2 rings (SSSR count). The molecule has 0 radical (unpaired) electrons. The molecule has 1 heterocycles. The van der Waals surface area contributed by atoms with Crippen LogP contribution in [0.4, 0.5) is 5.69 Å². The zero-order chi connectivity index (χ0) is 13.2. The Bertz CT molecular complexity index is 521. The number of methoxy groups -OCH3 is 1.